The van der Waals surface area contributed by atoms with E-state index in [-0.39, 0.29) is 5.92 Å². The Morgan fingerprint density at radius 1 is 1.11 bits per heavy atom. The van der Waals surface area contributed by atoms with Crippen molar-refractivity contribution < 1.29 is 0 Å². The summed E-state index contributed by atoms with van der Waals surface area (Å²) in [5.74, 6) is 1.43. The molecule has 1 aromatic carbocycles. The predicted molar refractivity (Wildman–Crippen MR) is 77.3 cm³/mol. The minimum absolute atomic E-state index is 0.203. The molecule has 0 saturated heterocycles. The molecule has 0 spiro atoms. The van der Waals surface area contributed by atoms with E-state index in [1.807, 2.05) is 6.07 Å². The molecule has 0 aliphatic carbocycles. The van der Waals surface area contributed by atoms with Gasteiger partial charge in [-0.3, -0.25) is 0 Å². The van der Waals surface area contributed by atoms with Crippen LogP contribution in [0.25, 0.3) is 0 Å². The van der Waals surface area contributed by atoms with Crippen molar-refractivity contribution in [3.05, 3.63) is 35.9 Å². The fraction of sp³-hybridized carbons (Fsp3) is 0.588. The molecule has 0 amide bonds. The zero-order valence-electron chi connectivity index (χ0n) is 11.9. The van der Waals surface area contributed by atoms with E-state index in [1.165, 1.54) is 18.4 Å². The summed E-state index contributed by atoms with van der Waals surface area (Å²) in [5, 5.41) is 9.26. The van der Waals surface area contributed by atoms with Crippen molar-refractivity contribution in [2.75, 3.05) is 0 Å². The van der Waals surface area contributed by atoms with Crippen LogP contribution in [0.4, 0.5) is 0 Å². The SMILES string of the molecule is CCC(C)CCC(C#N)CC(C)c1ccccc1. The van der Waals surface area contributed by atoms with Crippen LogP contribution in [0.3, 0.4) is 0 Å². The highest BCUT2D eigenvalue weighted by atomic mass is 14.3. The van der Waals surface area contributed by atoms with E-state index in [1.54, 1.807) is 0 Å². The van der Waals surface area contributed by atoms with Crippen molar-refractivity contribution in [2.45, 2.75) is 52.4 Å². The summed E-state index contributed by atoms with van der Waals surface area (Å²) < 4.78 is 0. The lowest BCUT2D eigenvalue weighted by molar-refractivity contribution is 0.421. The Hall–Kier alpha value is -1.29. The van der Waals surface area contributed by atoms with Gasteiger partial charge in [-0.05, 0) is 36.7 Å². The van der Waals surface area contributed by atoms with Gasteiger partial charge in [0.25, 0.3) is 0 Å². The average molecular weight is 243 g/mol. The molecule has 0 aliphatic heterocycles. The van der Waals surface area contributed by atoms with Crippen molar-refractivity contribution in [3.8, 4) is 6.07 Å². The van der Waals surface area contributed by atoms with Gasteiger partial charge in [0.05, 0.1) is 6.07 Å². The number of hydrogen-bond acceptors (Lipinski definition) is 1. The topological polar surface area (TPSA) is 23.8 Å². The number of rotatable bonds is 7. The van der Waals surface area contributed by atoms with Gasteiger partial charge < -0.3 is 0 Å². The van der Waals surface area contributed by atoms with Gasteiger partial charge >= 0.3 is 0 Å². The van der Waals surface area contributed by atoms with Gasteiger partial charge in [0.15, 0.2) is 0 Å². The molecule has 1 nitrogen and oxygen atoms in total. The summed E-state index contributed by atoms with van der Waals surface area (Å²) in [5.41, 5.74) is 1.35. The molecule has 0 heterocycles. The Balaban J connectivity index is 2.46. The highest BCUT2D eigenvalue weighted by Gasteiger charge is 2.14. The van der Waals surface area contributed by atoms with Crippen molar-refractivity contribution >= 4 is 0 Å². The lowest BCUT2D eigenvalue weighted by Crippen LogP contribution is -2.06. The molecule has 0 N–H and O–H groups in total. The first kappa shape index (κ1) is 14.8. The summed E-state index contributed by atoms with van der Waals surface area (Å²) in [7, 11) is 0. The first-order valence-electron chi connectivity index (χ1n) is 7.11. The van der Waals surface area contributed by atoms with E-state index >= 15 is 0 Å². The van der Waals surface area contributed by atoms with Crippen molar-refractivity contribution in [1.82, 2.24) is 0 Å². The third kappa shape index (κ3) is 4.92. The van der Waals surface area contributed by atoms with Crippen LogP contribution in [0.15, 0.2) is 30.3 Å². The Morgan fingerprint density at radius 3 is 2.33 bits per heavy atom. The molecular weight excluding hydrogens is 218 g/mol. The maximum Gasteiger partial charge on any atom is 0.0656 e. The van der Waals surface area contributed by atoms with Crippen LogP contribution in [0.5, 0.6) is 0 Å². The standard InChI is InChI=1S/C17H25N/c1-4-14(2)10-11-16(13-18)12-15(3)17-8-6-5-7-9-17/h5-9,14-16H,4,10-12H2,1-3H3. The summed E-state index contributed by atoms with van der Waals surface area (Å²) >= 11 is 0. The molecular formula is C17H25N. The van der Waals surface area contributed by atoms with Crippen LogP contribution in [0.1, 0.15) is 57.9 Å². The van der Waals surface area contributed by atoms with Crippen LogP contribution in [0, 0.1) is 23.2 Å². The van der Waals surface area contributed by atoms with Gasteiger partial charge in [-0.2, -0.15) is 5.26 Å². The second-order valence-corrected chi connectivity index (χ2v) is 5.46. The number of benzene rings is 1. The van der Waals surface area contributed by atoms with Gasteiger partial charge in [-0.1, -0.05) is 57.5 Å². The summed E-state index contributed by atoms with van der Waals surface area (Å²) in [6, 6.07) is 13.0. The number of nitrogens with zero attached hydrogens (tertiary/aromatic N) is 1. The number of hydrogen-bond donors (Lipinski definition) is 0. The summed E-state index contributed by atoms with van der Waals surface area (Å²) in [6.45, 7) is 6.72. The van der Waals surface area contributed by atoms with Crippen LogP contribution < -0.4 is 0 Å². The Morgan fingerprint density at radius 2 is 1.78 bits per heavy atom. The molecule has 1 aromatic rings. The Kier molecular flexibility index (Phi) is 6.50. The highest BCUT2D eigenvalue weighted by Crippen LogP contribution is 2.26. The summed E-state index contributed by atoms with van der Waals surface area (Å²) in [4.78, 5) is 0. The average Bonchev–Trinajstić information content (AvgIpc) is 2.43. The maximum absolute atomic E-state index is 9.26. The molecule has 98 valence electrons. The van der Waals surface area contributed by atoms with Crippen LogP contribution in [0.2, 0.25) is 0 Å². The summed E-state index contributed by atoms with van der Waals surface area (Å²) in [6.07, 6.45) is 4.42. The second kappa shape index (κ2) is 7.93. The third-order valence-electron chi connectivity index (χ3n) is 3.89. The van der Waals surface area contributed by atoms with Gasteiger partial charge in [-0.25, -0.2) is 0 Å². The van der Waals surface area contributed by atoms with Crippen LogP contribution in [-0.4, -0.2) is 0 Å². The normalized spacial score (nSPS) is 15.7. The minimum atomic E-state index is 0.203. The van der Waals surface area contributed by atoms with E-state index in [2.05, 4.69) is 51.1 Å². The van der Waals surface area contributed by atoms with Crippen LogP contribution >= 0.6 is 0 Å². The molecule has 18 heavy (non-hydrogen) atoms. The smallest absolute Gasteiger partial charge is 0.0656 e. The molecule has 0 fully saturated rings. The fourth-order valence-electron chi connectivity index (χ4n) is 2.27. The molecule has 0 aliphatic rings. The Bertz CT molecular complexity index is 363. The van der Waals surface area contributed by atoms with Gasteiger partial charge in [0.2, 0.25) is 0 Å². The lowest BCUT2D eigenvalue weighted by Gasteiger charge is -2.17. The van der Waals surface area contributed by atoms with Crippen molar-refractivity contribution in [1.29, 1.82) is 5.26 Å². The molecule has 3 unspecified atom stereocenters. The van der Waals surface area contributed by atoms with Crippen molar-refractivity contribution in [2.24, 2.45) is 11.8 Å². The molecule has 0 radical (unpaired) electrons. The monoisotopic (exact) mass is 243 g/mol. The second-order valence-electron chi connectivity index (χ2n) is 5.46. The van der Waals surface area contributed by atoms with Gasteiger partial charge in [0.1, 0.15) is 0 Å². The molecule has 0 aromatic heterocycles. The molecule has 3 atom stereocenters. The fourth-order valence-corrected chi connectivity index (χ4v) is 2.27. The van der Waals surface area contributed by atoms with E-state index in [0.29, 0.717) is 5.92 Å². The number of nitriles is 1. The Labute approximate surface area is 112 Å². The minimum Gasteiger partial charge on any atom is -0.198 e. The van der Waals surface area contributed by atoms with E-state index < -0.39 is 0 Å². The molecule has 1 heteroatoms. The first-order valence-corrected chi connectivity index (χ1v) is 7.11. The zero-order valence-corrected chi connectivity index (χ0v) is 11.9. The highest BCUT2D eigenvalue weighted by molar-refractivity contribution is 5.19. The molecule has 0 bridgehead atoms. The molecule has 0 saturated carbocycles. The van der Waals surface area contributed by atoms with Crippen molar-refractivity contribution in [3.63, 3.8) is 0 Å². The van der Waals surface area contributed by atoms with E-state index in [0.717, 1.165) is 18.8 Å². The lowest BCUT2D eigenvalue weighted by atomic mass is 9.86. The van der Waals surface area contributed by atoms with Gasteiger partial charge in [-0.15, -0.1) is 0 Å². The van der Waals surface area contributed by atoms with E-state index in [9.17, 15) is 5.26 Å². The van der Waals surface area contributed by atoms with Crippen LogP contribution in [-0.2, 0) is 0 Å². The van der Waals surface area contributed by atoms with Gasteiger partial charge in [0, 0.05) is 5.92 Å². The largest absolute Gasteiger partial charge is 0.198 e. The third-order valence-corrected chi connectivity index (χ3v) is 3.89. The first-order chi connectivity index (χ1) is 8.67. The molecule has 1 rings (SSSR count). The predicted octanol–water partition coefficient (Wildman–Crippen LogP) is 5.15. The zero-order chi connectivity index (χ0) is 13.4. The maximum atomic E-state index is 9.26. The van der Waals surface area contributed by atoms with E-state index in [4.69, 9.17) is 0 Å². The quantitative estimate of drug-likeness (QED) is 0.650.